The minimum absolute atomic E-state index is 0.115. The van der Waals surface area contributed by atoms with Crippen LogP contribution in [0.15, 0.2) is 0 Å². The van der Waals surface area contributed by atoms with Crippen molar-refractivity contribution in [2.24, 2.45) is 5.92 Å². The smallest absolute Gasteiger partial charge is 0.317 e. The number of carboxylic acid groups (broad SMARTS) is 1. The number of likely N-dealkylation sites (tertiary alicyclic amines) is 1. The number of aliphatic hydroxyl groups is 1. The van der Waals surface area contributed by atoms with E-state index in [0.29, 0.717) is 32.5 Å². The number of unbranched alkanes of at least 4 members (excludes halogenated alkanes) is 1. The number of aliphatic carboxylic acids is 1. The molecular weight excluding hydrogens is 224 g/mol. The van der Waals surface area contributed by atoms with Crippen LogP contribution in [-0.4, -0.2) is 53.4 Å². The summed E-state index contributed by atoms with van der Waals surface area (Å²) in [5, 5.41) is 20.1. The van der Waals surface area contributed by atoms with E-state index in [1.807, 2.05) is 0 Å². The van der Waals surface area contributed by atoms with Gasteiger partial charge < -0.3 is 20.4 Å². The normalized spacial score (nSPS) is 19.4. The lowest BCUT2D eigenvalue weighted by molar-refractivity contribution is -0.137. The summed E-state index contributed by atoms with van der Waals surface area (Å²) in [7, 11) is 0. The van der Waals surface area contributed by atoms with Crippen LogP contribution in [-0.2, 0) is 4.79 Å². The molecule has 1 fully saturated rings. The molecule has 0 spiro atoms. The molecule has 6 nitrogen and oxygen atoms in total. The van der Waals surface area contributed by atoms with Crippen LogP contribution in [0.1, 0.15) is 25.7 Å². The third-order valence-electron chi connectivity index (χ3n) is 2.92. The summed E-state index contributed by atoms with van der Waals surface area (Å²) in [5.41, 5.74) is 0. The van der Waals surface area contributed by atoms with Gasteiger partial charge in [0, 0.05) is 38.6 Å². The molecule has 0 aliphatic carbocycles. The fourth-order valence-electron chi connectivity index (χ4n) is 1.87. The molecule has 0 aromatic carbocycles. The van der Waals surface area contributed by atoms with Crippen LogP contribution in [0.4, 0.5) is 4.79 Å². The summed E-state index contributed by atoms with van der Waals surface area (Å²) >= 11 is 0. The molecule has 1 atom stereocenters. The predicted molar refractivity (Wildman–Crippen MR) is 61.7 cm³/mol. The van der Waals surface area contributed by atoms with Crippen molar-refractivity contribution in [3.63, 3.8) is 0 Å². The van der Waals surface area contributed by atoms with Crippen LogP contribution in [0.2, 0.25) is 0 Å². The number of amides is 2. The number of rotatable bonds is 6. The Morgan fingerprint density at radius 3 is 2.71 bits per heavy atom. The first-order chi connectivity index (χ1) is 8.13. The van der Waals surface area contributed by atoms with Gasteiger partial charge in [0.2, 0.25) is 0 Å². The molecule has 17 heavy (non-hydrogen) atoms. The van der Waals surface area contributed by atoms with Crippen LogP contribution in [0.5, 0.6) is 0 Å². The number of nitrogens with zero attached hydrogens (tertiary/aromatic N) is 1. The van der Waals surface area contributed by atoms with Gasteiger partial charge in [-0.15, -0.1) is 0 Å². The van der Waals surface area contributed by atoms with E-state index in [1.165, 1.54) is 0 Å². The van der Waals surface area contributed by atoms with Crippen molar-refractivity contribution in [1.82, 2.24) is 10.2 Å². The largest absolute Gasteiger partial charge is 0.481 e. The lowest BCUT2D eigenvalue weighted by Gasteiger charge is -2.16. The highest BCUT2D eigenvalue weighted by atomic mass is 16.4. The first-order valence-electron chi connectivity index (χ1n) is 5.99. The van der Waals surface area contributed by atoms with Crippen LogP contribution < -0.4 is 5.32 Å². The maximum Gasteiger partial charge on any atom is 0.317 e. The Hall–Kier alpha value is -1.30. The summed E-state index contributed by atoms with van der Waals surface area (Å²) in [5.74, 6) is -0.602. The Kier molecular flexibility index (Phi) is 5.76. The van der Waals surface area contributed by atoms with Crippen LogP contribution in [0.3, 0.4) is 0 Å². The summed E-state index contributed by atoms with van der Waals surface area (Å²) in [4.78, 5) is 23.6. The zero-order chi connectivity index (χ0) is 12.7. The highest BCUT2D eigenvalue weighted by Gasteiger charge is 2.25. The van der Waals surface area contributed by atoms with Crippen LogP contribution in [0.25, 0.3) is 0 Å². The van der Waals surface area contributed by atoms with Crippen molar-refractivity contribution in [3.05, 3.63) is 0 Å². The second-order valence-corrected chi connectivity index (χ2v) is 4.37. The van der Waals surface area contributed by atoms with E-state index in [2.05, 4.69) is 5.32 Å². The molecule has 0 aromatic rings. The lowest BCUT2D eigenvalue weighted by atomic mass is 10.1. The van der Waals surface area contributed by atoms with Crippen LogP contribution >= 0.6 is 0 Å². The molecule has 1 rings (SSSR count). The molecule has 0 radical (unpaired) electrons. The van der Waals surface area contributed by atoms with Gasteiger partial charge in [-0.2, -0.15) is 0 Å². The standard InChI is InChI=1S/C11H20N2O4/c14-8-9-4-6-13(7-9)11(17)12-5-2-1-3-10(15)16/h9,14H,1-8H2,(H,12,17)(H,15,16). The summed E-state index contributed by atoms with van der Waals surface area (Å²) < 4.78 is 0. The molecule has 0 saturated carbocycles. The van der Waals surface area contributed by atoms with Gasteiger partial charge in [-0.3, -0.25) is 4.79 Å². The number of hydrogen-bond acceptors (Lipinski definition) is 3. The Labute approximate surface area is 101 Å². The minimum atomic E-state index is -0.804. The molecular formula is C11H20N2O4. The van der Waals surface area contributed by atoms with E-state index >= 15 is 0 Å². The van der Waals surface area contributed by atoms with Crippen molar-refractivity contribution in [2.75, 3.05) is 26.2 Å². The zero-order valence-electron chi connectivity index (χ0n) is 9.89. The maximum absolute atomic E-state index is 11.6. The first-order valence-corrected chi connectivity index (χ1v) is 5.99. The predicted octanol–water partition coefficient (Wildman–Crippen LogP) is 0.265. The summed E-state index contributed by atoms with van der Waals surface area (Å²) in [6.07, 6.45) is 2.25. The van der Waals surface area contributed by atoms with Gasteiger partial charge in [-0.05, 0) is 19.3 Å². The second kappa shape index (κ2) is 7.11. The molecule has 6 heteroatoms. The number of carbonyl (C=O) groups excluding carboxylic acids is 1. The molecule has 1 saturated heterocycles. The molecule has 1 aliphatic rings. The number of carbonyl (C=O) groups is 2. The van der Waals surface area contributed by atoms with E-state index < -0.39 is 5.97 Å². The third kappa shape index (κ3) is 5.04. The van der Waals surface area contributed by atoms with Crippen molar-refractivity contribution in [1.29, 1.82) is 0 Å². The first kappa shape index (κ1) is 13.8. The lowest BCUT2D eigenvalue weighted by Crippen LogP contribution is -2.39. The summed E-state index contributed by atoms with van der Waals surface area (Å²) in [6.45, 7) is 1.93. The highest BCUT2D eigenvalue weighted by molar-refractivity contribution is 5.74. The summed E-state index contributed by atoms with van der Waals surface area (Å²) in [6, 6.07) is -0.115. The number of hydrogen-bond donors (Lipinski definition) is 3. The number of nitrogens with one attached hydrogen (secondary N) is 1. The van der Waals surface area contributed by atoms with Gasteiger partial charge in [0.1, 0.15) is 0 Å². The molecule has 98 valence electrons. The Balaban J connectivity index is 2.07. The minimum Gasteiger partial charge on any atom is -0.481 e. The molecule has 1 heterocycles. The molecule has 0 aromatic heterocycles. The average molecular weight is 244 g/mol. The highest BCUT2D eigenvalue weighted by Crippen LogP contribution is 2.14. The monoisotopic (exact) mass is 244 g/mol. The molecule has 0 bridgehead atoms. The third-order valence-corrected chi connectivity index (χ3v) is 2.92. The molecule has 1 aliphatic heterocycles. The van der Waals surface area contributed by atoms with E-state index in [9.17, 15) is 9.59 Å². The quantitative estimate of drug-likeness (QED) is 0.585. The maximum atomic E-state index is 11.6. The van der Waals surface area contributed by atoms with Gasteiger partial charge in [-0.1, -0.05) is 0 Å². The fourth-order valence-corrected chi connectivity index (χ4v) is 1.87. The number of urea groups is 1. The Morgan fingerprint density at radius 2 is 2.12 bits per heavy atom. The van der Waals surface area contributed by atoms with Gasteiger partial charge in [0.05, 0.1) is 0 Å². The van der Waals surface area contributed by atoms with E-state index in [-0.39, 0.29) is 25.0 Å². The molecule has 3 N–H and O–H groups in total. The zero-order valence-corrected chi connectivity index (χ0v) is 9.89. The van der Waals surface area contributed by atoms with Gasteiger partial charge in [0.25, 0.3) is 0 Å². The van der Waals surface area contributed by atoms with Gasteiger partial charge >= 0.3 is 12.0 Å². The Morgan fingerprint density at radius 1 is 1.35 bits per heavy atom. The van der Waals surface area contributed by atoms with Gasteiger partial charge in [-0.25, -0.2) is 4.79 Å². The average Bonchev–Trinajstić information content (AvgIpc) is 2.76. The SMILES string of the molecule is O=C(O)CCCCNC(=O)N1CCC(CO)C1. The van der Waals surface area contributed by atoms with E-state index in [1.54, 1.807) is 4.90 Å². The fraction of sp³-hybridized carbons (Fsp3) is 0.818. The topological polar surface area (TPSA) is 89.9 Å². The number of aliphatic hydroxyl groups excluding tert-OH is 1. The van der Waals surface area contributed by atoms with Crippen molar-refractivity contribution in [3.8, 4) is 0 Å². The Bertz CT molecular complexity index is 270. The molecule has 1 unspecified atom stereocenters. The second-order valence-electron chi connectivity index (χ2n) is 4.37. The van der Waals surface area contributed by atoms with E-state index in [0.717, 1.165) is 6.42 Å². The van der Waals surface area contributed by atoms with Crippen LogP contribution in [0, 0.1) is 5.92 Å². The van der Waals surface area contributed by atoms with Crippen molar-refractivity contribution < 1.29 is 19.8 Å². The number of carboxylic acids is 1. The van der Waals surface area contributed by atoms with Crippen molar-refractivity contribution >= 4 is 12.0 Å². The van der Waals surface area contributed by atoms with Crippen molar-refractivity contribution in [2.45, 2.75) is 25.7 Å². The van der Waals surface area contributed by atoms with Gasteiger partial charge in [0.15, 0.2) is 0 Å². The van der Waals surface area contributed by atoms with E-state index in [4.69, 9.17) is 10.2 Å². The molecule has 2 amide bonds.